The molecule has 1 saturated heterocycles. The van der Waals surface area contributed by atoms with Crippen molar-refractivity contribution in [1.82, 2.24) is 0 Å². The Bertz CT molecular complexity index is 1370. The van der Waals surface area contributed by atoms with E-state index < -0.39 is 20.3 Å². The minimum Gasteiger partial charge on any atom is -1.00 e. The molecule has 3 heteroatoms. The van der Waals surface area contributed by atoms with Gasteiger partial charge in [0.1, 0.15) is 0 Å². The van der Waals surface area contributed by atoms with Crippen molar-refractivity contribution in [3.8, 4) is 0 Å². The van der Waals surface area contributed by atoms with E-state index >= 15 is 0 Å². The smallest absolute Gasteiger partial charge is 1.00 e. The Balaban J connectivity index is 0.00000114. The van der Waals surface area contributed by atoms with Crippen LogP contribution in [-0.2, 0) is 20.3 Å². The average Bonchev–Trinajstić information content (AvgIpc) is 3.37. The third kappa shape index (κ3) is 3.20. The summed E-state index contributed by atoms with van der Waals surface area (Å²) in [6, 6.07) is 27.5. The fourth-order valence-corrected chi connectivity index (χ4v) is 24.7. The second-order valence-corrected chi connectivity index (χ2v) is 21.3. The van der Waals surface area contributed by atoms with Gasteiger partial charge in [0.25, 0.3) is 0 Å². The Morgan fingerprint density at radius 2 is 1.00 bits per heavy atom. The molecular formula is C30H26Cl2Zr. The molecule has 0 radical (unpaired) electrons. The van der Waals surface area contributed by atoms with Crippen molar-refractivity contribution in [2.24, 2.45) is 0 Å². The van der Waals surface area contributed by atoms with Gasteiger partial charge >= 0.3 is 190 Å². The van der Waals surface area contributed by atoms with E-state index in [1.54, 1.807) is 22.3 Å². The molecule has 0 N–H and O–H groups in total. The molecule has 0 amide bonds. The molecule has 0 spiro atoms. The predicted octanol–water partition coefficient (Wildman–Crippen LogP) is 2.62. The fraction of sp³-hybridized carbons (Fsp3) is 0.200. The average molecular weight is 549 g/mol. The summed E-state index contributed by atoms with van der Waals surface area (Å²) in [5, 5.41) is 5.63. The second kappa shape index (κ2) is 8.23. The molecule has 2 atom stereocenters. The summed E-state index contributed by atoms with van der Waals surface area (Å²) in [5.41, 5.74) is 9.60. The molecule has 0 bridgehead atoms. The Morgan fingerprint density at radius 1 is 0.576 bits per heavy atom. The molecule has 0 saturated carbocycles. The summed E-state index contributed by atoms with van der Waals surface area (Å²) in [6.07, 6.45) is 5.07. The third-order valence-corrected chi connectivity index (χ3v) is 21.8. The summed E-state index contributed by atoms with van der Waals surface area (Å²) in [4.78, 5) is 0. The molecule has 1 aliphatic heterocycles. The number of hydrogen-bond donors (Lipinski definition) is 0. The molecule has 33 heavy (non-hydrogen) atoms. The minimum atomic E-state index is -2.47. The first-order valence-corrected chi connectivity index (χ1v) is 17.9. The van der Waals surface area contributed by atoms with E-state index in [9.17, 15) is 0 Å². The van der Waals surface area contributed by atoms with Gasteiger partial charge in [0, 0.05) is 0 Å². The van der Waals surface area contributed by atoms with Crippen LogP contribution in [-0.4, -0.2) is 0 Å². The number of halogens is 2. The maximum absolute atomic E-state index is 2.54. The van der Waals surface area contributed by atoms with Gasteiger partial charge in [0.05, 0.1) is 0 Å². The van der Waals surface area contributed by atoms with E-state index in [2.05, 4.69) is 98.8 Å². The number of rotatable bonds is 2. The quantitative estimate of drug-likeness (QED) is 0.362. The van der Waals surface area contributed by atoms with Gasteiger partial charge in [-0.25, -0.2) is 0 Å². The fourth-order valence-electron chi connectivity index (χ4n) is 6.98. The third-order valence-electron chi connectivity index (χ3n) is 8.26. The minimum absolute atomic E-state index is 0. The summed E-state index contributed by atoms with van der Waals surface area (Å²) in [6.45, 7) is 4.84. The summed E-state index contributed by atoms with van der Waals surface area (Å²) >= 11 is -2.47. The molecule has 1 fully saturated rings. The van der Waals surface area contributed by atoms with E-state index in [1.807, 2.05) is 0 Å². The molecule has 1 heterocycles. The van der Waals surface area contributed by atoms with Crippen LogP contribution in [0.2, 0.25) is 8.26 Å². The van der Waals surface area contributed by atoms with Gasteiger partial charge in [0.2, 0.25) is 0 Å². The van der Waals surface area contributed by atoms with Gasteiger partial charge in [-0.15, -0.1) is 0 Å². The van der Waals surface area contributed by atoms with Gasteiger partial charge in [0.15, 0.2) is 0 Å². The molecule has 0 nitrogen and oxygen atoms in total. The first-order chi connectivity index (χ1) is 15.2. The van der Waals surface area contributed by atoms with Crippen molar-refractivity contribution in [1.29, 1.82) is 0 Å². The van der Waals surface area contributed by atoms with Gasteiger partial charge in [-0.2, -0.15) is 0 Å². The number of allylic oxidation sites excluding steroid dienone is 2. The number of hydrogen-bond acceptors (Lipinski definition) is 0. The Labute approximate surface area is 213 Å². The SMILES string of the molecule is CC1=Cc2c(ccc3ccccc23)[CH]1[Zr+2]1([CH]2C(C)=Cc3c2ccc2ccccc32)[CH2][CH2]1.[Cl-].[Cl-]. The van der Waals surface area contributed by atoms with Crippen LogP contribution in [0.4, 0.5) is 0 Å². The van der Waals surface area contributed by atoms with Gasteiger partial charge < -0.3 is 24.8 Å². The maximum Gasteiger partial charge on any atom is -1.00 e. The Kier molecular flexibility index (Phi) is 5.76. The van der Waals surface area contributed by atoms with E-state index in [0.717, 1.165) is 7.25 Å². The van der Waals surface area contributed by atoms with Crippen LogP contribution in [0.3, 0.4) is 0 Å². The molecule has 4 aromatic rings. The summed E-state index contributed by atoms with van der Waals surface area (Å²) < 4.78 is 4.53. The summed E-state index contributed by atoms with van der Waals surface area (Å²) in [7, 11) is 0. The maximum atomic E-state index is 2.54. The topological polar surface area (TPSA) is 0 Å². The second-order valence-electron chi connectivity index (χ2n) is 9.96. The summed E-state index contributed by atoms with van der Waals surface area (Å²) in [5.74, 6) is 0. The number of fused-ring (bicyclic) bond motifs is 6. The van der Waals surface area contributed by atoms with Crippen LogP contribution in [0.15, 0.2) is 83.9 Å². The van der Waals surface area contributed by atoms with Crippen LogP contribution in [0, 0.1) is 0 Å². The Morgan fingerprint density at radius 3 is 1.42 bits per heavy atom. The van der Waals surface area contributed by atoms with Gasteiger partial charge in [-0.3, -0.25) is 0 Å². The first-order valence-electron chi connectivity index (χ1n) is 11.6. The van der Waals surface area contributed by atoms with Crippen molar-refractivity contribution >= 4 is 33.7 Å². The zero-order chi connectivity index (χ0) is 20.7. The van der Waals surface area contributed by atoms with Crippen molar-refractivity contribution < 1.29 is 45.1 Å². The van der Waals surface area contributed by atoms with E-state index in [0.29, 0.717) is 0 Å². The molecular weight excluding hydrogens is 522 g/mol. The molecule has 164 valence electrons. The zero-order valence-electron chi connectivity index (χ0n) is 18.9. The van der Waals surface area contributed by atoms with Crippen molar-refractivity contribution in [2.75, 3.05) is 0 Å². The molecule has 2 aliphatic carbocycles. The van der Waals surface area contributed by atoms with Crippen LogP contribution in [0.25, 0.3) is 33.7 Å². The van der Waals surface area contributed by atoms with Gasteiger partial charge in [-0.1, -0.05) is 0 Å². The van der Waals surface area contributed by atoms with E-state index in [1.165, 1.54) is 40.9 Å². The molecule has 2 unspecified atom stereocenters. The zero-order valence-corrected chi connectivity index (χ0v) is 22.9. The molecule has 7 rings (SSSR count). The van der Waals surface area contributed by atoms with Crippen LogP contribution < -0.4 is 24.8 Å². The standard InChI is InChI=1S/2C14H11.C2H4.2ClH.Zr/c2*1-10-8-12-7-6-11-4-2-3-5-13(11)14(12)9-10;1-2;;;/h2*2-9H,1H3;1-2H2;2*1H;/q;;;;;+2/p-2. The van der Waals surface area contributed by atoms with Crippen LogP contribution in [0.5, 0.6) is 0 Å². The first kappa shape index (κ1) is 23.1. The van der Waals surface area contributed by atoms with Crippen LogP contribution >= 0.6 is 0 Å². The van der Waals surface area contributed by atoms with Crippen molar-refractivity contribution in [2.45, 2.75) is 29.4 Å². The largest absolute Gasteiger partial charge is 1.00 e. The van der Waals surface area contributed by atoms with E-state index in [-0.39, 0.29) is 24.8 Å². The molecule has 0 aromatic heterocycles. The van der Waals surface area contributed by atoms with Crippen LogP contribution in [0.1, 0.15) is 43.4 Å². The Hall–Kier alpha value is -1.66. The van der Waals surface area contributed by atoms with Gasteiger partial charge in [-0.05, 0) is 0 Å². The number of benzene rings is 4. The molecule has 4 aromatic carbocycles. The predicted molar refractivity (Wildman–Crippen MR) is 130 cm³/mol. The van der Waals surface area contributed by atoms with E-state index in [4.69, 9.17) is 0 Å². The van der Waals surface area contributed by atoms with Crippen molar-refractivity contribution in [3.05, 3.63) is 106 Å². The van der Waals surface area contributed by atoms with Crippen molar-refractivity contribution in [3.63, 3.8) is 0 Å². The monoisotopic (exact) mass is 546 g/mol. The normalized spacial score (nSPS) is 20.5. The molecule has 3 aliphatic rings.